The van der Waals surface area contributed by atoms with Gasteiger partial charge in [0.1, 0.15) is 5.15 Å². The Balaban J connectivity index is 2.33. The highest BCUT2D eigenvalue weighted by Gasteiger charge is 2.59. The molecule has 4 heteroatoms. The molecule has 1 aliphatic rings. The smallest absolute Gasteiger partial charge is 0.338 e. The van der Waals surface area contributed by atoms with E-state index in [1.807, 2.05) is 12.1 Å². The zero-order valence-electron chi connectivity index (χ0n) is 9.54. The molecule has 0 amide bonds. The number of nitrogens with zero attached hydrogens (tertiary/aromatic N) is 1. The van der Waals surface area contributed by atoms with E-state index in [1.165, 1.54) is 0 Å². The summed E-state index contributed by atoms with van der Waals surface area (Å²) in [5, 5.41) is 0.630. The van der Waals surface area contributed by atoms with E-state index >= 15 is 0 Å². The lowest BCUT2D eigenvalue weighted by Gasteiger charge is -2.56. The molecule has 2 nitrogen and oxygen atoms in total. The second kappa shape index (κ2) is 3.23. The average molecular weight is 224 g/mol. The minimum Gasteiger partial charge on any atom is -0.425 e. The zero-order chi connectivity index (χ0) is 11.3. The second-order valence-corrected chi connectivity index (χ2v) is 5.47. The minimum atomic E-state index is -0.100. The molecule has 80 valence electrons. The van der Waals surface area contributed by atoms with Gasteiger partial charge in [-0.05, 0) is 25.4 Å². The zero-order valence-corrected chi connectivity index (χ0v) is 10.3. The summed E-state index contributed by atoms with van der Waals surface area (Å²) in [6.45, 7) is 8.66. The van der Waals surface area contributed by atoms with Crippen LogP contribution in [0.4, 0.5) is 0 Å². The van der Waals surface area contributed by atoms with Gasteiger partial charge in [0, 0.05) is 17.1 Å². The van der Waals surface area contributed by atoms with Crippen LogP contribution in [0.1, 0.15) is 27.7 Å². The number of hydrogen-bond donors (Lipinski definition) is 0. The van der Waals surface area contributed by atoms with Crippen molar-refractivity contribution in [2.45, 2.75) is 38.6 Å². The van der Waals surface area contributed by atoms with E-state index in [4.69, 9.17) is 16.3 Å². The van der Waals surface area contributed by atoms with Crippen molar-refractivity contribution in [3.8, 4) is 0 Å². The number of aromatic nitrogens is 1. The minimum absolute atomic E-state index is 0.0497. The van der Waals surface area contributed by atoms with E-state index in [-0.39, 0.29) is 17.8 Å². The predicted molar refractivity (Wildman–Crippen MR) is 63.8 cm³/mol. The number of hydrogen-bond acceptors (Lipinski definition) is 2. The van der Waals surface area contributed by atoms with Crippen LogP contribution in [0, 0.1) is 0 Å². The van der Waals surface area contributed by atoms with Gasteiger partial charge in [0.15, 0.2) is 0 Å². The Labute approximate surface area is 96.1 Å². The van der Waals surface area contributed by atoms with Crippen LogP contribution in [0.15, 0.2) is 18.3 Å². The lowest BCUT2D eigenvalue weighted by molar-refractivity contribution is -0.00941. The first-order chi connectivity index (χ1) is 6.86. The van der Waals surface area contributed by atoms with Gasteiger partial charge in [0.05, 0.1) is 0 Å². The molecule has 1 saturated heterocycles. The molecule has 0 bridgehead atoms. The molecule has 0 saturated carbocycles. The Hall–Kier alpha value is -0.535. The highest BCUT2D eigenvalue weighted by atomic mass is 35.5. The molecule has 1 aliphatic heterocycles. The van der Waals surface area contributed by atoms with Gasteiger partial charge in [0.25, 0.3) is 0 Å². The van der Waals surface area contributed by atoms with Crippen molar-refractivity contribution in [3.05, 3.63) is 23.5 Å². The second-order valence-electron chi connectivity index (χ2n) is 5.11. The van der Waals surface area contributed by atoms with Crippen molar-refractivity contribution in [3.63, 3.8) is 0 Å². The first-order valence-corrected chi connectivity index (χ1v) is 5.52. The molecule has 0 spiro atoms. The van der Waals surface area contributed by atoms with Crippen LogP contribution in [-0.4, -0.2) is 17.5 Å². The maximum Gasteiger partial charge on any atom is 0.338 e. The monoisotopic (exact) mass is 223 g/mol. The van der Waals surface area contributed by atoms with Crippen molar-refractivity contribution in [2.24, 2.45) is 0 Å². The topological polar surface area (TPSA) is 22.1 Å². The lowest BCUT2D eigenvalue weighted by atomic mass is 9.33. The van der Waals surface area contributed by atoms with Gasteiger partial charge in [-0.25, -0.2) is 4.98 Å². The predicted octanol–water partition coefficient (Wildman–Crippen LogP) is 2.52. The Bertz CT molecular complexity index is 392. The molecule has 1 fully saturated rings. The van der Waals surface area contributed by atoms with Crippen LogP contribution in [0.5, 0.6) is 0 Å². The van der Waals surface area contributed by atoms with Crippen LogP contribution >= 0.6 is 11.6 Å². The average Bonchev–Trinajstić information content (AvgIpc) is 2.16. The van der Waals surface area contributed by atoms with Gasteiger partial charge in [-0.15, -0.1) is 0 Å². The first-order valence-electron chi connectivity index (χ1n) is 5.14. The third-order valence-corrected chi connectivity index (χ3v) is 4.01. The van der Waals surface area contributed by atoms with Crippen molar-refractivity contribution in [2.75, 3.05) is 0 Å². The van der Waals surface area contributed by atoms with Gasteiger partial charge >= 0.3 is 6.92 Å². The van der Waals surface area contributed by atoms with Gasteiger partial charge in [-0.3, -0.25) is 0 Å². The van der Waals surface area contributed by atoms with Gasteiger partial charge in [0.2, 0.25) is 0 Å². The van der Waals surface area contributed by atoms with Crippen molar-refractivity contribution in [1.29, 1.82) is 0 Å². The normalized spacial score (nSPS) is 22.3. The van der Waals surface area contributed by atoms with Crippen LogP contribution in [0.3, 0.4) is 0 Å². The van der Waals surface area contributed by atoms with Gasteiger partial charge in [-0.2, -0.15) is 0 Å². The summed E-state index contributed by atoms with van der Waals surface area (Å²) in [5.74, 6) is 0. The maximum absolute atomic E-state index is 6.06. The van der Waals surface area contributed by atoms with Crippen molar-refractivity contribution < 1.29 is 4.65 Å². The Morgan fingerprint density at radius 1 is 1.33 bits per heavy atom. The van der Waals surface area contributed by atoms with E-state index in [9.17, 15) is 0 Å². The quantitative estimate of drug-likeness (QED) is 0.539. The van der Waals surface area contributed by atoms with Crippen molar-refractivity contribution >= 4 is 24.0 Å². The summed E-state index contributed by atoms with van der Waals surface area (Å²) < 4.78 is 5.88. The number of pyridine rings is 1. The van der Waals surface area contributed by atoms with E-state index in [2.05, 4.69) is 32.7 Å². The van der Waals surface area contributed by atoms with Crippen LogP contribution in [-0.2, 0) is 4.65 Å². The molecular weight excluding hydrogens is 208 g/mol. The Morgan fingerprint density at radius 2 is 2.00 bits per heavy atom. The molecule has 2 rings (SSSR count). The molecule has 0 atom stereocenters. The summed E-state index contributed by atoms with van der Waals surface area (Å²) in [6, 6.07) is 3.88. The summed E-state index contributed by atoms with van der Waals surface area (Å²) in [4.78, 5) is 4.08. The van der Waals surface area contributed by atoms with Gasteiger partial charge < -0.3 is 4.65 Å². The summed E-state index contributed by atoms with van der Waals surface area (Å²) in [6.07, 6.45) is 1.70. The van der Waals surface area contributed by atoms with Crippen LogP contribution in [0.25, 0.3) is 0 Å². The first kappa shape index (κ1) is 11.0. The Kier molecular flexibility index (Phi) is 2.36. The number of rotatable bonds is 1. The molecule has 0 aromatic carbocycles. The fourth-order valence-corrected chi connectivity index (χ4v) is 2.12. The molecule has 0 radical (unpaired) electrons. The van der Waals surface area contributed by atoms with Gasteiger partial charge in [-0.1, -0.05) is 31.5 Å². The summed E-state index contributed by atoms with van der Waals surface area (Å²) in [5.41, 5.74) is 0.889. The molecule has 0 unspecified atom stereocenters. The standard InChI is InChI=1S/C11H15BClNO/c1-10(2)11(3,4)15-12(10)8-6-5-7-14-9(8)13/h5-7H,1-4H3. The fourth-order valence-electron chi connectivity index (χ4n) is 1.90. The van der Waals surface area contributed by atoms with E-state index in [0.717, 1.165) is 5.46 Å². The summed E-state index contributed by atoms with van der Waals surface area (Å²) in [7, 11) is 0. The molecular formula is C11H15BClNO. The van der Waals surface area contributed by atoms with Crippen molar-refractivity contribution in [1.82, 2.24) is 4.98 Å². The fraction of sp³-hybridized carbons (Fsp3) is 0.545. The molecule has 2 heterocycles. The van der Waals surface area contributed by atoms with Crippen LogP contribution < -0.4 is 5.46 Å². The third kappa shape index (κ3) is 1.49. The lowest BCUT2D eigenvalue weighted by Crippen LogP contribution is -2.66. The largest absolute Gasteiger partial charge is 0.425 e. The maximum atomic E-state index is 6.06. The highest BCUT2D eigenvalue weighted by molar-refractivity contribution is 6.75. The number of halogens is 1. The van der Waals surface area contributed by atoms with Crippen LogP contribution in [0.2, 0.25) is 10.5 Å². The highest BCUT2D eigenvalue weighted by Crippen LogP contribution is 2.53. The third-order valence-electron chi connectivity index (χ3n) is 3.69. The SMILES string of the molecule is CC1(C)OB(c2cccnc2Cl)C1(C)C. The van der Waals surface area contributed by atoms with E-state index in [0.29, 0.717) is 5.15 Å². The Morgan fingerprint density at radius 3 is 2.47 bits per heavy atom. The van der Waals surface area contributed by atoms with E-state index in [1.54, 1.807) is 6.20 Å². The summed E-state index contributed by atoms with van der Waals surface area (Å²) >= 11 is 6.06. The molecule has 0 N–H and O–H groups in total. The van der Waals surface area contributed by atoms with E-state index < -0.39 is 0 Å². The molecule has 1 aromatic rings. The molecule has 0 aliphatic carbocycles. The molecule has 1 aromatic heterocycles. The molecule has 15 heavy (non-hydrogen) atoms.